The molecule has 3 N–H and O–H groups in total. The molecule has 0 aliphatic rings. The van der Waals surface area contributed by atoms with Gasteiger partial charge in [0.15, 0.2) is 6.04 Å². The van der Waals surface area contributed by atoms with Crippen LogP contribution in [0.5, 0.6) is 5.75 Å². The van der Waals surface area contributed by atoms with E-state index in [1.807, 2.05) is 33.0 Å². The van der Waals surface area contributed by atoms with Crippen molar-refractivity contribution in [1.29, 1.82) is 0 Å². The lowest BCUT2D eigenvalue weighted by molar-refractivity contribution is -0.908. The Balaban J connectivity index is 2.86. The van der Waals surface area contributed by atoms with Gasteiger partial charge in [-0.2, -0.15) is 0 Å². The van der Waals surface area contributed by atoms with Crippen LogP contribution in [0.15, 0.2) is 18.2 Å². The quantitative estimate of drug-likeness (QED) is 0.751. The summed E-state index contributed by atoms with van der Waals surface area (Å²) in [5.41, 5.74) is 7.58. The third kappa shape index (κ3) is 3.46. The molecule has 0 saturated heterocycles. The normalized spacial score (nSPS) is 14.1. The first-order valence-corrected chi connectivity index (χ1v) is 5.71. The minimum atomic E-state index is -0.283. The van der Waals surface area contributed by atoms with Gasteiger partial charge in [0.1, 0.15) is 12.3 Å². The number of primary amides is 1. The first kappa shape index (κ1) is 13.5. The van der Waals surface area contributed by atoms with E-state index < -0.39 is 0 Å². The Labute approximate surface area is 102 Å². The van der Waals surface area contributed by atoms with E-state index in [1.165, 1.54) is 5.56 Å². The maximum absolute atomic E-state index is 11.1. The number of benzene rings is 1. The Morgan fingerprint density at radius 1 is 1.53 bits per heavy atom. The average Bonchev–Trinajstić information content (AvgIpc) is 2.28. The number of rotatable bonds is 5. The van der Waals surface area contributed by atoms with Crippen LogP contribution in [0, 0.1) is 6.92 Å². The Morgan fingerprint density at radius 2 is 2.18 bits per heavy atom. The molecule has 0 radical (unpaired) electrons. The second-order valence-corrected chi connectivity index (χ2v) is 4.46. The summed E-state index contributed by atoms with van der Waals surface area (Å²) < 4.78 is 5.31. The molecule has 0 aliphatic carbocycles. The number of hydrogen-bond acceptors (Lipinski definition) is 2. The zero-order chi connectivity index (χ0) is 13.0. The fraction of sp³-hybridized carbons (Fsp3) is 0.462. The molecule has 0 saturated carbocycles. The summed E-state index contributed by atoms with van der Waals surface area (Å²) in [7, 11) is 3.61. The Kier molecular flexibility index (Phi) is 4.52. The lowest BCUT2D eigenvalue weighted by Gasteiger charge is -2.20. The number of amides is 1. The van der Waals surface area contributed by atoms with Crippen LogP contribution in [0.1, 0.15) is 18.1 Å². The molecular formula is C13H21N2O2+. The van der Waals surface area contributed by atoms with Gasteiger partial charge in [0.2, 0.25) is 0 Å². The van der Waals surface area contributed by atoms with Crippen molar-refractivity contribution in [3.8, 4) is 5.75 Å². The maximum Gasteiger partial charge on any atom is 0.275 e. The molecule has 0 heterocycles. The highest BCUT2D eigenvalue weighted by Crippen LogP contribution is 2.18. The van der Waals surface area contributed by atoms with Crippen molar-refractivity contribution >= 4 is 5.91 Å². The van der Waals surface area contributed by atoms with Gasteiger partial charge in [0.25, 0.3) is 5.91 Å². The van der Waals surface area contributed by atoms with Crippen LogP contribution >= 0.6 is 0 Å². The molecule has 1 aromatic carbocycles. The Hall–Kier alpha value is -1.55. The van der Waals surface area contributed by atoms with Crippen molar-refractivity contribution < 1.29 is 14.4 Å². The third-order valence-corrected chi connectivity index (χ3v) is 3.07. The number of nitrogens with two attached hydrogens (primary N) is 1. The zero-order valence-electron chi connectivity index (χ0n) is 10.9. The van der Waals surface area contributed by atoms with Gasteiger partial charge in [-0.15, -0.1) is 0 Å². The van der Waals surface area contributed by atoms with Crippen LogP contribution in [0.3, 0.4) is 0 Å². The molecule has 4 heteroatoms. The van der Waals surface area contributed by atoms with E-state index in [-0.39, 0.29) is 11.9 Å². The minimum Gasteiger partial charge on any atom is -0.496 e. The fourth-order valence-corrected chi connectivity index (χ4v) is 1.74. The molecule has 1 amide bonds. The van der Waals surface area contributed by atoms with E-state index in [9.17, 15) is 4.79 Å². The van der Waals surface area contributed by atoms with E-state index in [1.54, 1.807) is 7.11 Å². The SMILES string of the molecule is COc1ccc(C)cc1C[NH+](C)[C@H](C)C(N)=O. The van der Waals surface area contributed by atoms with Crippen LogP contribution < -0.4 is 15.4 Å². The molecule has 1 aromatic rings. The number of aryl methyl sites for hydroxylation is 1. The highest BCUT2D eigenvalue weighted by molar-refractivity contribution is 5.77. The van der Waals surface area contributed by atoms with Crippen LogP contribution in [0.4, 0.5) is 0 Å². The highest BCUT2D eigenvalue weighted by Gasteiger charge is 2.20. The third-order valence-electron chi connectivity index (χ3n) is 3.07. The molecule has 17 heavy (non-hydrogen) atoms. The van der Waals surface area contributed by atoms with E-state index in [4.69, 9.17) is 10.5 Å². The summed E-state index contributed by atoms with van der Waals surface area (Å²) in [5, 5.41) is 0. The molecule has 0 fully saturated rings. The zero-order valence-corrected chi connectivity index (χ0v) is 10.9. The summed E-state index contributed by atoms with van der Waals surface area (Å²) in [6.45, 7) is 4.59. The first-order valence-electron chi connectivity index (χ1n) is 5.71. The number of carbonyl (C=O) groups is 1. The number of nitrogens with one attached hydrogen (secondary N) is 1. The summed E-state index contributed by atoms with van der Waals surface area (Å²) >= 11 is 0. The topological polar surface area (TPSA) is 56.8 Å². The van der Waals surface area contributed by atoms with Crippen molar-refractivity contribution in [2.24, 2.45) is 5.73 Å². The lowest BCUT2D eigenvalue weighted by Crippen LogP contribution is -3.12. The number of quaternary nitrogens is 1. The van der Waals surface area contributed by atoms with E-state index in [0.29, 0.717) is 0 Å². The number of hydrogen-bond donors (Lipinski definition) is 2. The molecular weight excluding hydrogens is 216 g/mol. The predicted octanol–water partition coefficient (Wildman–Crippen LogP) is -0.108. The number of methoxy groups -OCH3 is 1. The molecule has 1 unspecified atom stereocenters. The standard InChI is InChI=1S/C13H20N2O2/c1-9-5-6-12(17-4)11(7-9)8-15(3)10(2)13(14)16/h5-7,10H,8H2,1-4H3,(H2,14,16)/p+1/t10-/m1/s1. The van der Waals surface area contributed by atoms with Gasteiger partial charge < -0.3 is 15.4 Å². The van der Waals surface area contributed by atoms with Gasteiger partial charge in [0.05, 0.1) is 14.2 Å². The van der Waals surface area contributed by atoms with Gasteiger partial charge >= 0.3 is 0 Å². The largest absolute Gasteiger partial charge is 0.496 e. The van der Waals surface area contributed by atoms with Gasteiger partial charge in [-0.1, -0.05) is 11.6 Å². The van der Waals surface area contributed by atoms with Crippen LogP contribution in [-0.4, -0.2) is 26.1 Å². The molecule has 4 nitrogen and oxygen atoms in total. The predicted molar refractivity (Wildman–Crippen MR) is 67.0 cm³/mol. The average molecular weight is 237 g/mol. The minimum absolute atomic E-state index is 0.208. The van der Waals surface area contributed by atoms with Crippen molar-refractivity contribution in [2.75, 3.05) is 14.2 Å². The van der Waals surface area contributed by atoms with Crippen molar-refractivity contribution in [3.63, 3.8) is 0 Å². The number of carbonyl (C=O) groups excluding carboxylic acids is 1. The van der Waals surface area contributed by atoms with E-state index in [0.717, 1.165) is 22.8 Å². The van der Waals surface area contributed by atoms with E-state index in [2.05, 4.69) is 6.07 Å². The fourth-order valence-electron chi connectivity index (χ4n) is 1.74. The van der Waals surface area contributed by atoms with E-state index >= 15 is 0 Å². The molecule has 2 atom stereocenters. The summed E-state index contributed by atoms with van der Waals surface area (Å²) in [6.07, 6.45) is 0. The van der Waals surface area contributed by atoms with Gasteiger partial charge in [-0.3, -0.25) is 4.79 Å². The lowest BCUT2D eigenvalue weighted by atomic mass is 10.1. The van der Waals surface area contributed by atoms with Gasteiger partial charge in [-0.25, -0.2) is 0 Å². The summed E-state index contributed by atoms with van der Waals surface area (Å²) in [6, 6.07) is 5.83. The summed E-state index contributed by atoms with van der Waals surface area (Å²) in [4.78, 5) is 12.2. The Morgan fingerprint density at radius 3 is 2.71 bits per heavy atom. The molecule has 0 aromatic heterocycles. The van der Waals surface area contributed by atoms with Gasteiger partial charge in [0, 0.05) is 5.56 Å². The smallest absolute Gasteiger partial charge is 0.275 e. The monoisotopic (exact) mass is 237 g/mol. The van der Waals surface area contributed by atoms with Crippen molar-refractivity contribution in [2.45, 2.75) is 26.4 Å². The molecule has 0 aliphatic heterocycles. The van der Waals surface area contributed by atoms with Crippen LogP contribution in [0.2, 0.25) is 0 Å². The van der Waals surface area contributed by atoms with Crippen molar-refractivity contribution in [3.05, 3.63) is 29.3 Å². The first-order chi connectivity index (χ1) is 7.95. The highest BCUT2D eigenvalue weighted by atomic mass is 16.5. The second kappa shape index (κ2) is 5.68. The second-order valence-electron chi connectivity index (χ2n) is 4.46. The van der Waals surface area contributed by atoms with Crippen LogP contribution in [-0.2, 0) is 11.3 Å². The number of likely N-dealkylation sites (N-methyl/N-ethyl adjacent to an activating group) is 1. The Bertz CT molecular complexity index is 404. The van der Waals surface area contributed by atoms with Crippen molar-refractivity contribution in [1.82, 2.24) is 0 Å². The summed E-state index contributed by atoms with van der Waals surface area (Å²) in [5.74, 6) is 0.570. The molecule has 0 bridgehead atoms. The molecule has 94 valence electrons. The maximum atomic E-state index is 11.1. The molecule has 1 rings (SSSR count). The van der Waals surface area contributed by atoms with Gasteiger partial charge in [-0.05, 0) is 26.0 Å². The molecule has 0 spiro atoms. The van der Waals surface area contributed by atoms with Crippen LogP contribution in [0.25, 0.3) is 0 Å². The number of ether oxygens (including phenoxy) is 1.